The molecule has 0 aromatic carbocycles. The predicted molar refractivity (Wildman–Crippen MR) is 73.2 cm³/mol. The minimum atomic E-state index is 0.334. The highest BCUT2D eigenvalue weighted by Gasteiger charge is 1.92. The van der Waals surface area contributed by atoms with Crippen LogP contribution in [0.15, 0.2) is 0 Å². The Balaban J connectivity index is -0.000000318. The van der Waals surface area contributed by atoms with Crippen molar-refractivity contribution in [2.24, 2.45) is 5.14 Å². The summed E-state index contributed by atoms with van der Waals surface area (Å²) in [5.74, 6) is 0.334. The molecule has 0 aromatic rings. The van der Waals surface area contributed by atoms with Crippen molar-refractivity contribution < 1.29 is 4.79 Å². The molecule has 0 saturated heterocycles. The Kier molecular flexibility index (Phi) is 32.2. The summed E-state index contributed by atoms with van der Waals surface area (Å²) in [5, 5.41) is 4.19. The number of hydrogen-bond donors (Lipinski definition) is 2. The number of ketones is 1. The van der Waals surface area contributed by atoms with Crippen LogP contribution in [0.25, 0.3) is 0 Å². The van der Waals surface area contributed by atoms with E-state index in [1.165, 1.54) is 32.1 Å². The first kappa shape index (κ1) is 20.4. The summed E-state index contributed by atoms with van der Waals surface area (Å²) in [6.07, 6.45) is 8.41. The fourth-order valence-corrected chi connectivity index (χ4v) is 1.15. The Morgan fingerprint density at radius 3 is 1.80 bits per heavy atom. The fourth-order valence-electron chi connectivity index (χ4n) is 1.15. The van der Waals surface area contributed by atoms with Crippen molar-refractivity contribution >= 4 is 18.6 Å². The van der Waals surface area contributed by atoms with Gasteiger partial charge in [0.05, 0.1) is 0 Å². The predicted octanol–water partition coefficient (Wildman–Crippen LogP) is 4.14. The van der Waals surface area contributed by atoms with Gasteiger partial charge in [-0.15, -0.1) is 12.8 Å². The molecule has 94 valence electrons. The lowest BCUT2D eigenvalue weighted by molar-refractivity contribution is -0.117. The Bertz CT molecular complexity index is 108. The van der Waals surface area contributed by atoms with Crippen molar-refractivity contribution in [1.82, 2.24) is 0 Å². The third kappa shape index (κ3) is 31.5. The van der Waals surface area contributed by atoms with Crippen molar-refractivity contribution in [2.45, 2.75) is 72.6 Å². The van der Waals surface area contributed by atoms with E-state index >= 15 is 0 Å². The lowest BCUT2D eigenvalue weighted by Crippen LogP contribution is -1.88. The zero-order valence-electron chi connectivity index (χ0n) is 10.9. The zero-order valence-corrected chi connectivity index (χ0v) is 11.8. The van der Waals surface area contributed by atoms with Gasteiger partial charge in [0.2, 0.25) is 0 Å². The Morgan fingerprint density at radius 1 is 1.00 bits per heavy atom. The number of rotatable bonds is 7. The highest BCUT2D eigenvalue weighted by atomic mass is 32.1. The number of hydrogen-bond acceptors (Lipinski definition) is 3. The van der Waals surface area contributed by atoms with Crippen LogP contribution in [-0.4, -0.2) is 5.78 Å². The molecule has 3 heteroatoms. The van der Waals surface area contributed by atoms with Gasteiger partial charge >= 0.3 is 0 Å². The molecule has 0 amide bonds. The summed E-state index contributed by atoms with van der Waals surface area (Å²) >= 11 is 3.03. The lowest BCUT2D eigenvalue weighted by atomic mass is 10.1. The molecule has 0 spiro atoms. The molecule has 0 heterocycles. The van der Waals surface area contributed by atoms with Gasteiger partial charge in [0.1, 0.15) is 5.78 Å². The molecule has 0 aliphatic carbocycles. The third-order valence-corrected chi connectivity index (χ3v) is 1.88. The van der Waals surface area contributed by atoms with Crippen LogP contribution in [-0.2, 0) is 4.79 Å². The number of carbonyl (C=O) groups excluding carboxylic acids is 1. The Morgan fingerprint density at radius 2 is 1.40 bits per heavy atom. The van der Waals surface area contributed by atoms with Gasteiger partial charge in [0, 0.05) is 6.42 Å². The molecule has 0 fully saturated rings. The van der Waals surface area contributed by atoms with Gasteiger partial charge in [-0.25, -0.2) is 0 Å². The molecule has 0 aliphatic rings. The minimum Gasteiger partial charge on any atom is -0.300 e. The van der Waals surface area contributed by atoms with Crippen molar-refractivity contribution in [3.63, 3.8) is 0 Å². The monoisotopic (exact) mass is 235 g/mol. The summed E-state index contributed by atoms with van der Waals surface area (Å²) in [7, 11) is 0. The molecule has 0 unspecified atom stereocenters. The molecule has 0 bridgehead atoms. The van der Waals surface area contributed by atoms with Crippen LogP contribution < -0.4 is 5.14 Å². The van der Waals surface area contributed by atoms with Crippen LogP contribution in [0.5, 0.6) is 0 Å². The number of thiol groups is 1. The summed E-state index contributed by atoms with van der Waals surface area (Å²) in [6.45, 7) is 7.89. The Hall–Kier alpha value is -0.0200. The molecule has 0 saturated carbocycles. The molecule has 2 nitrogen and oxygen atoms in total. The van der Waals surface area contributed by atoms with Crippen molar-refractivity contribution in [1.29, 1.82) is 0 Å². The summed E-state index contributed by atoms with van der Waals surface area (Å²) in [6, 6.07) is 0. The second kappa shape index (κ2) is 23.6. The fraction of sp³-hybridized carbons (Fsp3) is 0.917. The molecule has 0 aromatic heterocycles. The second-order valence-corrected chi connectivity index (χ2v) is 3.22. The number of carbonyl (C=O) groups is 1. The van der Waals surface area contributed by atoms with Gasteiger partial charge in [0.15, 0.2) is 0 Å². The van der Waals surface area contributed by atoms with Crippen LogP contribution in [0.2, 0.25) is 0 Å². The van der Waals surface area contributed by atoms with E-state index in [-0.39, 0.29) is 0 Å². The molecule has 2 N–H and O–H groups in total. The van der Waals surface area contributed by atoms with Crippen LogP contribution >= 0.6 is 12.8 Å². The SMILES string of the molecule is CC.CCCCCCCCC(C)=O.NS. The van der Waals surface area contributed by atoms with E-state index in [0.717, 1.165) is 12.8 Å². The van der Waals surface area contributed by atoms with E-state index in [1.54, 1.807) is 6.92 Å². The summed E-state index contributed by atoms with van der Waals surface area (Å²) < 4.78 is 0. The molecular formula is C12H29NOS. The Labute approximate surface area is 102 Å². The van der Waals surface area contributed by atoms with Crippen LogP contribution in [0.1, 0.15) is 72.6 Å². The van der Waals surface area contributed by atoms with Gasteiger partial charge in [-0.2, -0.15) is 0 Å². The maximum Gasteiger partial charge on any atom is 0.129 e. The van der Waals surface area contributed by atoms with Gasteiger partial charge in [-0.05, 0) is 13.3 Å². The van der Waals surface area contributed by atoms with E-state index in [2.05, 4.69) is 24.9 Å². The maximum atomic E-state index is 10.5. The normalized spacial score (nSPS) is 8.13. The van der Waals surface area contributed by atoms with Crippen molar-refractivity contribution in [2.75, 3.05) is 0 Å². The van der Waals surface area contributed by atoms with Gasteiger partial charge in [-0.3, -0.25) is 5.14 Å². The highest BCUT2D eigenvalue weighted by Crippen LogP contribution is 2.06. The second-order valence-electron chi connectivity index (χ2n) is 3.22. The molecule has 0 atom stereocenters. The standard InChI is InChI=1S/C10H20O.C2H6.H3NS/c1-3-4-5-6-7-8-9-10(2)11;2*1-2/h3-9H2,1-2H3;1-2H3;2H,1H2. The molecule has 0 aliphatic heterocycles. The van der Waals surface area contributed by atoms with E-state index in [9.17, 15) is 4.79 Å². The molecule has 0 radical (unpaired) electrons. The first-order chi connectivity index (χ1) is 7.27. The van der Waals surface area contributed by atoms with Crippen LogP contribution in [0.4, 0.5) is 0 Å². The van der Waals surface area contributed by atoms with E-state index < -0.39 is 0 Å². The van der Waals surface area contributed by atoms with Crippen LogP contribution in [0, 0.1) is 0 Å². The molecule has 15 heavy (non-hydrogen) atoms. The number of Topliss-reactive ketones (excluding diaryl/α,β-unsaturated/α-hetero) is 1. The van der Waals surface area contributed by atoms with Crippen LogP contribution in [0.3, 0.4) is 0 Å². The third-order valence-electron chi connectivity index (χ3n) is 1.88. The van der Waals surface area contributed by atoms with Gasteiger partial charge < -0.3 is 4.79 Å². The largest absolute Gasteiger partial charge is 0.300 e. The molecular weight excluding hydrogens is 206 g/mol. The number of unbranched alkanes of at least 4 members (excludes halogenated alkanes) is 5. The van der Waals surface area contributed by atoms with E-state index in [0.29, 0.717) is 5.78 Å². The van der Waals surface area contributed by atoms with E-state index in [4.69, 9.17) is 0 Å². The average Bonchev–Trinajstić information content (AvgIpc) is 2.28. The van der Waals surface area contributed by atoms with Gasteiger partial charge in [0.25, 0.3) is 0 Å². The first-order valence-corrected chi connectivity index (χ1v) is 6.54. The smallest absolute Gasteiger partial charge is 0.129 e. The lowest BCUT2D eigenvalue weighted by Gasteiger charge is -1.97. The van der Waals surface area contributed by atoms with Crippen molar-refractivity contribution in [3.8, 4) is 0 Å². The van der Waals surface area contributed by atoms with Crippen molar-refractivity contribution in [3.05, 3.63) is 0 Å². The van der Waals surface area contributed by atoms with E-state index in [1.807, 2.05) is 13.8 Å². The first-order valence-electron chi connectivity index (χ1n) is 6.02. The number of nitrogens with two attached hydrogens (primary N) is 1. The summed E-state index contributed by atoms with van der Waals surface area (Å²) in [5.41, 5.74) is 0. The quantitative estimate of drug-likeness (QED) is 0.514. The minimum absolute atomic E-state index is 0.334. The van der Waals surface area contributed by atoms with Gasteiger partial charge in [-0.1, -0.05) is 52.9 Å². The maximum absolute atomic E-state index is 10.5. The zero-order chi connectivity index (χ0) is 12.5. The topological polar surface area (TPSA) is 43.1 Å². The average molecular weight is 235 g/mol. The molecule has 0 rings (SSSR count). The summed E-state index contributed by atoms with van der Waals surface area (Å²) in [4.78, 5) is 10.5. The highest BCUT2D eigenvalue weighted by molar-refractivity contribution is 7.77.